The Labute approximate surface area is 141 Å². The molecular formula is C18H24N4O2. The number of fused-ring (bicyclic) bond motifs is 1. The number of amides is 2. The lowest BCUT2D eigenvalue weighted by molar-refractivity contribution is -0.133. The number of hydrogen-bond acceptors (Lipinski definition) is 3. The lowest BCUT2D eigenvalue weighted by Gasteiger charge is -2.22. The number of hydrogen-bond donors (Lipinski definition) is 1. The van der Waals surface area contributed by atoms with Crippen LogP contribution < -0.4 is 0 Å². The number of nitrogens with one attached hydrogen (secondary N) is 1. The molecule has 3 rings (SSSR count). The Kier molecular flexibility index (Phi) is 4.83. The van der Waals surface area contributed by atoms with Crippen LogP contribution in [0.1, 0.15) is 31.2 Å². The molecule has 1 aliphatic heterocycles. The molecule has 6 heteroatoms. The summed E-state index contributed by atoms with van der Waals surface area (Å²) in [4.78, 5) is 35.8. The topological polar surface area (TPSA) is 69.3 Å². The number of imidazole rings is 1. The molecule has 1 fully saturated rings. The zero-order valence-corrected chi connectivity index (χ0v) is 14.3. The van der Waals surface area contributed by atoms with E-state index in [4.69, 9.17) is 0 Å². The maximum atomic E-state index is 12.6. The zero-order chi connectivity index (χ0) is 17.1. The van der Waals surface area contributed by atoms with Crippen molar-refractivity contribution in [3.05, 3.63) is 29.6 Å². The summed E-state index contributed by atoms with van der Waals surface area (Å²) in [5.74, 6) is 1.17. The first kappa shape index (κ1) is 16.5. The number of carbonyl (C=O) groups excluding carboxylic acids is 2. The maximum Gasteiger partial charge on any atom is 0.227 e. The molecule has 1 aromatic heterocycles. The Morgan fingerprint density at radius 2 is 1.83 bits per heavy atom. The van der Waals surface area contributed by atoms with Gasteiger partial charge < -0.3 is 14.8 Å². The van der Waals surface area contributed by atoms with Crippen LogP contribution in [0.3, 0.4) is 0 Å². The van der Waals surface area contributed by atoms with E-state index in [2.05, 4.69) is 9.97 Å². The lowest BCUT2D eigenvalue weighted by Crippen LogP contribution is -2.37. The summed E-state index contributed by atoms with van der Waals surface area (Å²) in [7, 11) is 0. The summed E-state index contributed by atoms with van der Waals surface area (Å²) >= 11 is 0. The first-order chi connectivity index (χ1) is 11.6. The molecule has 1 N–H and O–H groups in total. The Morgan fingerprint density at radius 1 is 1.12 bits per heavy atom. The summed E-state index contributed by atoms with van der Waals surface area (Å²) in [6.07, 6.45) is 1.75. The molecule has 2 heterocycles. The minimum Gasteiger partial charge on any atom is -0.342 e. The molecule has 0 radical (unpaired) electrons. The molecule has 0 saturated carbocycles. The van der Waals surface area contributed by atoms with Gasteiger partial charge in [0.15, 0.2) is 0 Å². The van der Waals surface area contributed by atoms with Gasteiger partial charge in [-0.3, -0.25) is 9.59 Å². The van der Waals surface area contributed by atoms with E-state index in [-0.39, 0.29) is 11.8 Å². The molecule has 0 bridgehead atoms. The van der Waals surface area contributed by atoms with Gasteiger partial charge in [-0.05, 0) is 31.0 Å². The number of benzene rings is 1. The average molecular weight is 328 g/mol. The smallest absolute Gasteiger partial charge is 0.227 e. The molecule has 0 atom stereocenters. The lowest BCUT2D eigenvalue weighted by atomic mass is 10.1. The van der Waals surface area contributed by atoms with Crippen molar-refractivity contribution in [2.45, 2.75) is 33.1 Å². The van der Waals surface area contributed by atoms with Crippen LogP contribution in [0.5, 0.6) is 0 Å². The van der Waals surface area contributed by atoms with Crippen LogP contribution in [0.25, 0.3) is 11.0 Å². The summed E-state index contributed by atoms with van der Waals surface area (Å²) in [6, 6.07) is 5.91. The van der Waals surface area contributed by atoms with Crippen LogP contribution in [0.4, 0.5) is 0 Å². The predicted molar refractivity (Wildman–Crippen MR) is 92.6 cm³/mol. The third kappa shape index (κ3) is 3.58. The SMILES string of the molecule is CCC(=O)N1CCCN(C(=O)Cc2ccc3nc(C)[nH]c3c2)CC1. The van der Waals surface area contributed by atoms with Crippen LogP contribution in [0.15, 0.2) is 18.2 Å². The zero-order valence-electron chi connectivity index (χ0n) is 14.3. The highest BCUT2D eigenvalue weighted by molar-refractivity contribution is 5.82. The molecule has 0 aliphatic carbocycles. The van der Waals surface area contributed by atoms with E-state index in [1.165, 1.54) is 0 Å². The molecule has 1 saturated heterocycles. The van der Waals surface area contributed by atoms with Gasteiger partial charge in [0.25, 0.3) is 0 Å². The fourth-order valence-corrected chi connectivity index (χ4v) is 3.22. The standard InChI is InChI=1S/C18H24N4O2/c1-3-17(23)21-7-4-8-22(10-9-21)18(24)12-14-5-6-15-16(11-14)20-13(2)19-15/h5-6,11H,3-4,7-10,12H2,1-2H3,(H,19,20). The Morgan fingerprint density at radius 3 is 2.54 bits per heavy atom. The van der Waals surface area contributed by atoms with Gasteiger partial charge in [0.05, 0.1) is 17.5 Å². The van der Waals surface area contributed by atoms with Crippen molar-refractivity contribution in [3.8, 4) is 0 Å². The van der Waals surface area contributed by atoms with Gasteiger partial charge >= 0.3 is 0 Å². The molecule has 2 aromatic rings. The van der Waals surface area contributed by atoms with Gasteiger partial charge in [-0.2, -0.15) is 0 Å². The second kappa shape index (κ2) is 7.03. The average Bonchev–Trinajstić information content (AvgIpc) is 2.78. The van der Waals surface area contributed by atoms with Crippen molar-refractivity contribution < 1.29 is 9.59 Å². The number of aromatic amines is 1. The molecule has 24 heavy (non-hydrogen) atoms. The van der Waals surface area contributed by atoms with Crippen molar-refractivity contribution in [3.63, 3.8) is 0 Å². The van der Waals surface area contributed by atoms with Gasteiger partial charge in [0.1, 0.15) is 5.82 Å². The van der Waals surface area contributed by atoms with Crippen LogP contribution in [-0.4, -0.2) is 57.8 Å². The van der Waals surface area contributed by atoms with E-state index in [0.29, 0.717) is 25.9 Å². The van der Waals surface area contributed by atoms with Crippen LogP contribution in [0, 0.1) is 6.92 Å². The predicted octanol–water partition coefficient (Wildman–Crippen LogP) is 1.88. The summed E-state index contributed by atoms with van der Waals surface area (Å²) < 4.78 is 0. The highest BCUT2D eigenvalue weighted by Gasteiger charge is 2.21. The quantitative estimate of drug-likeness (QED) is 0.935. The van der Waals surface area contributed by atoms with Crippen molar-refractivity contribution in [2.24, 2.45) is 0 Å². The first-order valence-electron chi connectivity index (χ1n) is 8.57. The van der Waals surface area contributed by atoms with E-state index in [0.717, 1.165) is 41.9 Å². The highest BCUT2D eigenvalue weighted by atomic mass is 16.2. The van der Waals surface area contributed by atoms with Crippen molar-refractivity contribution >= 4 is 22.8 Å². The number of rotatable bonds is 3. The van der Waals surface area contributed by atoms with Crippen molar-refractivity contribution in [1.82, 2.24) is 19.8 Å². The molecule has 1 aromatic carbocycles. The van der Waals surface area contributed by atoms with Gasteiger partial charge in [-0.15, -0.1) is 0 Å². The first-order valence-corrected chi connectivity index (χ1v) is 8.57. The Balaban J connectivity index is 1.64. The van der Waals surface area contributed by atoms with Gasteiger partial charge in [-0.25, -0.2) is 4.98 Å². The summed E-state index contributed by atoms with van der Waals surface area (Å²) in [5.41, 5.74) is 2.88. The fraction of sp³-hybridized carbons (Fsp3) is 0.500. The normalized spacial score (nSPS) is 15.6. The summed E-state index contributed by atoms with van der Waals surface area (Å²) in [6.45, 7) is 6.52. The van der Waals surface area contributed by atoms with Gasteiger partial charge in [-0.1, -0.05) is 13.0 Å². The molecule has 6 nitrogen and oxygen atoms in total. The molecule has 0 spiro atoms. The molecule has 0 unspecified atom stereocenters. The van der Waals surface area contributed by atoms with Gasteiger partial charge in [0.2, 0.25) is 11.8 Å². The largest absolute Gasteiger partial charge is 0.342 e. The second-order valence-corrected chi connectivity index (χ2v) is 6.32. The van der Waals surface area contributed by atoms with E-state index in [1.54, 1.807) is 0 Å². The third-order valence-corrected chi connectivity index (χ3v) is 4.52. The van der Waals surface area contributed by atoms with Gasteiger partial charge in [0, 0.05) is 32.6 Å². The Bertz CT molecular complexity index is 753. The van der Waals surface area contributed by atoms with E-state index >= 15 is 0 Å². The summed E-state index contributed by atoms with van der Waals surface area (Å²) in [5, 5.41) is 0. The van der Waals surface area contributed by atoms with Crippen LogP contribution >= 0.6 is 0 Å². The van der Waals surface area contributed by atoms with Crippen molar-refractivity contribution in [2.75, 3.05) is 26.2 Å². The number of carbonyl (C=O) groups is 2. The third-order valence-electron chi connectivity index (χ3n) is 4.52. The number of aromatic nitrogens is 2. The number of H-pyrrole nitrogens is 1. The maximum absolute atomic E-state index is 12.6. The molecule has 1 aliphatic rings. The monoisotopic (exact) mass is 328 g/mol. The second-order valence-electron chi connectivity index (χ2n) is 6.32. The van der Waals surface area contributed by atoms with Crippen LogP contribution in [0.2, 0.25) is 0 Å². The van der Waals surface area contributed by atoms with Crippen LogP contribution in [-0.2, 0) is 16.0 Å². The number of aryl methyl sites for hydroxylation is 1. The molecule has 2 amide bonds. The minimum atomic E-state index is 0.122. The molecule has 128 valence electrons. The van der Waals surface area contributed by atoms with E-state index in [1.807, 2.05) is 41.8 Å². The molecular weight excluding hydrogens is 304 g/mol. The Hall–Kier alpha value is -2.37. The fourth-order valence-electron chi connectivity index (χ4n) is 3.22. The van der Waals surface area contributed by atoms with Crippen molar-refractivity contribution in [1.29, 1.82) is 0 Å². The minimum absolute atomic E-state index is 0.122. The van der Waals surface area contributed by atoms with E-state index < -0.39 is 0 Å². The van der Waals surface area contributed by atoms with E-state index in [9.17, 15) is 9.59 Å². The highest BCUT2D eigenvalue weighted by Crippen LogP contribution is 2.15. The number of nitrogens with zero attached hydrogens (tertiary/aromatic N) is 3.